The summed E-state index contributed by atoms with van der Waals surface area (Å²) in [6, 6.07) is 13.1. The zero-order chi connectivity index (χ0) is 24.2. The van der Waals surface area contributed by atoms with Gasteiger partial charge in [-0.05, 0) is 65.2 Å². The Morgan fingerprint density at radius 3 is 2.63 bits per heavy atom. The first-order valence-electron chi connectivity index (χ1n) is 11.5. The summed E-state index contributed by atoms with van der Waals surface area (Å²) in [6.07, 6.45) is 4.26. The molecule has 0 spiro atoms. The van der Waals surface area contributed by atoms with Crippen LogP contribution >= 0.6 is 11.8 Å². The largest absolute Gasteiger partial charge is 0.454 e. The molecule has 0 bridgehead atoms. The lowest BCUT2D eigenvalue weighted by molar-refractivity contribution is -0.113. The van der Waals surface area contributed by atoms with E-state index in [1.54, 1.807) is 31.3 Å². The van der Waals surface area contributed by atoms with Crippen molar-refractivity contribution in [1.82, 2.24) is 25.1 Å². The number of tetrazole rings is 1. The van der Waals surface area contributed by atoms with Crippen molar-refractivity contribution in [3.05, 3.63) is 53.6 Å². The summed E-state index contributed by atoms with van der Waals surface area (Å²) < 4.78 is 12.4. The van der Waals surface area contributed by atoms with Gasteiger partial charge in [-0.2, -0.15) is 0 Å². The molecule has 0 atom stereocenters. The smallest absolute Gasteiger partial charge is 0.254 e. The lowest BCUT2D eigenvalue weighted by atomic mass is 10.1. The maximum absolute atomic E-state index is 13.5. The predicted molar refractivity (Wildman–Crippen MR) is 129 cm³/mol. The standard InChI is InChI=1S/C24H26N6O4S/c1-29-24(26-27-28-29)35-14-22(31)25-18-9-7-17(8-10-18)23(32)30(19-4-2-3-5-19)13-16-6-11-20-21(12-16)34-15-33-20/h6-12,19H,2-5,13-15H2,1H3,(H,25,31). The molecule has 1 aliphatic heterocycles. The number of anilines is 1. The third-order valence-electron chi connectivity index (χ3n) is 6.15. The fraction of sp³-hybridized carbons (Fsp3) is 0.375. The fourth-order valence-electron chi connectivity index (χ4n) is 4.35. The Hall–Kier alpha value is -3.60. The molecule has 2 aliphatic rings. The number of fused-ring (bicyclic) bond motifs is 1. The molecule has 5 rings (SSSR count). The van der Waals surface area contributed by atoms with Gasteiger partial charge in [0.15, 0.2) is 11.5 Å². The third kappa shape index (κ3) is 5.40. The molecule has 3 aromatic rings. The molecule has 1 fully saturated rings. The van der Waals surface area contributed by atoms with Crippen LogP contribution in [0.3, 0.4) is 0 Å². The van der Waals surface area contributed by atoms with Crippen LogP contribution in [0, 0.1) is 0 Å². The summed E-state index contributed by atoms with van der Waals surface area (Å²) in [5.41, 5.74) is 2.23. The predicted octanol–water partition coefficient (Wildman–Crippen LogP) is 3.25. The van der Waals surface area contributed by atoms with Crippen LogP contribution < -0.4 is 14.8 Å². The highest BCUT2D eigenvalue weighted by Gasteiger charge is 2.28. The topological polar surface area (TPSA) is 111 Å². The Morgan fingerprint density at radius 1 is 1.11 bits per heavy atom. The number of carbonyl (C=O) groups excluding carboxylic acids is 2. The average molecular weight is 495 g/mol. The molecule has 0 radical (unpaired) electrons. The Kier molecular flexibility index (Phi) is 6.84. The second-order valence-corrected chi connectivity index (χ2v) is 9.50. The van der Waals surface area contributed by atoms with Gasteiger partial charge in [-0.3, -0.25) is 9.59 Å². The van der Waals surface area contributed by atoms with Gasteiger partial charge in [-0.15, -0.1) is 5.10 Å². The van der Waals surface area contributed by atoms with E-state index in [2.05, 4.69) is 20.8 Å². The van der Waals surface area contributed by atoms with E-state index in [4.69, 9.17) is 9.47 Å². The first-order chi connectivity index (χ1) is 17.1. The monoisotopic (exact) mass is 494 g/mol. The molecule has 1 N–H and O–H groups in total. The minimum Gasteiger partial charge on any atom is -0.454 e. The van der Waals surface area contributed by atoms with Crippen LogP contribution in [-0.4, -0.2) is 55.5 Å². The molecule has 2 amide bonds. The molecule has 11 heteroatoms. The van der Waals surface area contributed by atoms with Crippen LogP contribution in [0.15, 0.2) is 47.6 Å². The van der Waals surface area contributed by atoms with Crippen LogP contribution in [0.25, 0.3) is 0 Å². The average Bonchev–Trinajstić information content (AvgIpc) is 3.63. The number of rotatable bonds is 8. The highest BCUT2D eigenvalue weighted by atomic mass is 32.2. The van der Waals surface area contributed by atoms with Crippen molar-refractivity contribution in [3.8, 4) is 11.5 Å². The molecule has 1 aliphatic carbocycles. The zero-order valence-electron chi connectivity index (χ0n) is 19.3. The van der Waals surface area contributed by atoms with Crippen molar-refractivity contribution in [3.63, 3.8) is 0 Å². The number of aromatic nitrogens is 4. The molecule has 182 valence electrons. The van der Waals surface area contributed by atoms with E-state index < -0.39 is 0 Å². The molecular weight excluding hydrogens is 468 g/mol. The summed E-state index contributed by atoms with van der Waals surface area (Å²) in [7, 11) is 1.72. The van der Waals surface area contributed by atoms with Gasteiger partial charge >= 0.3 is 0 Å². The lowest BCUT2D eigenvalue weighted by Gasteiger charge is -2.29. The van der Waals surface area contributed by atoms with Gasteiger partial charge in [0.25, 0.3) is 5.91 Å². The Morgan fingerprint density at radius 2 is 1.89 bits per heavy atom. The van der Waals surface area contributed by atoms with Crippen molar-refractivity contribution >= 4 is 29.3 Å². The molecule has 10 nitrogen and oxygen atoms in total. The summed E-state index contributed by atoms with van der Waals surface area (Å²) >= 11 is 1.25. The number of aryl methyl sites for hydroxylation is 1. The maximum Gasteiger partial charge on any atom is 0.254 e. The number of ether oxygens (including phenoxy) is 2. The van der Waals surface area contributed by atoms with Gasteiger partial charge in [0.05, 0.1) is 5.75 Å². The summed E-state index contributed by atoms with van der Waals surface area (Å²) in [6.45, 7) is 0.732. The van der Waals surface area contributed by atoms with Gasteiger partial charge < -0.3 is 19.7 Å². The minimum absolute atomic E-state index is 0.0159. The number of nitrogens with one attached hydrogen (secondary N) is 1. The van der Waals surface area contributed by atoms with E-state index in [-0.39, 0.29) is 30.4 Å². The first kappa shape index (κ1) is 23.2. The summed E-state index contributed by atoms with van der Waals surface area (Å²) in [5.74, 6) is 1.44. The Bertz CT molecular complexity index is 1210. The Balaban J connectivity index is 1.24. The molecule has 35 heavy (non-hydrogen) atoms. The number of thioether (sulfide) groups is 1. The summed E-state index contributed by atoms with van der Waals surface area (Å²) in [5, 5.41) is 14.6. The zero-order valence-corrected chi connectivity index (χ0v) is 20.2. The first-order valence-corrected chi connectivity index (χ1v) is 12.5. The number of amides is 2. The van der Waals surface area contributed by atoms with Gasteiger partial charge in [-0.1, -0.05) is 30.7 Å². The molecule has 2 aromatic carbocycles. The van der Waals surface area contributed by atoms with Gasteiger partial charge in [-0.25, -0.2) is 4.68 Å². The number of hydrogen-bond acceptors (Lipinski definition) is 8. The lowest BCUT2D eigenvalue weighted by Crippen LogP contribution is -2.38. The van der Waals surface area contributed by atoms with Gasteiger partial charge in [0.1, 0.15) is 0 Å². The Labute approximate surface area is 207 Å². The van der Waals surface area contributed by atoms with Crippen molar-refractivity contribution in [2.24, 2.45) is 7.05 Å². The molecule has 2 heterocycles. The van der Waals surface area contributed by atoms with E-state index in [9.17, 15) is 9.59 Å². The number of carbonyl (C=O) groups is 2. The molecular formula is C24H26N6O4S. The maximum atomic E-state index is 13.5. The third-order valence-corrected chi connectivity index (χ3v) is 7.16. The second-order valence-electron chi connectivity index (χ2n) is 8.56. The van der Waals surface area contributed by atoms with E-state index in [1.165, 1.54) is 16.4 Å². The van der Waals surface area contributed by atoms with Crippen LogP contribution in [0.1, 0.15) is 41.6 Å². The van der Waals surface area contributed by atoms with Crippen LogP contribution in [0.4, 0.5) is 5.69 Å². The van der Waals surface area contributed by atoms with Crippen molar-refractivity contribution in [2.45, 2.75) is 43.4 Å². The highest BCUT2D eigenvalue weighted by molar-refractivity contribution is 7.99. The van der Waals surface area contributed by atoms with Gasteiger partial charge in [0, 0.05) is 30.9 Å². The van der Waals surface area contributed by atoms with Crippen molar-refractivity contribution in [1.29, 1.82) is 0 Å². The molecule has 1 saturated carbocycles. The minimum atomic E-state index is -0.174. The van der Waals surface area contributed by atoms with Crippen molar-refractivity contribution < 1.29 is 19.1 Å². The normalized spacial score (nSPS) is 14.8. The second kappa shape index (κ2) is 10.3. The van der Waals surface area contributed by atoms with E-state index >= 15 is 0 Å². The SMILES string of the molecule is Cn1nnnc1SCC(=O)Nc1ccc(C(=O)N(Cc2ccc3c(c2)OCO3)C2CCCC2)cc1. The molecule has 0 unspecified atom stereocenters. The molecule has 0 saturated heterocycles. The highest BCUT2D eigenvalue weighted by Crippen LogP contribution is 2.34. The van der Waals surface area contributed by atoms with Crippen LogP contribution in [-0.2, 0) is 18.4 Å². The quantitative estimate of drug-likeness (QED) is 0.475. The van der Waals surface area contributed by atoms with Gasteiger partial charge in [0.2, 0.25) is 17.9 Å². The van der Waals surface area contributed by atoms with Crippen LogP contribution in [0.2, 0.25) is 0 Å². The summed E-state index contributed by atoms with van der Waals surface area (Å²) in [4.78, 5) is 27.8. The number of nitrogens with zero attached hydrogens (tertiary/aromatic N) is 5. The van der Waals surface area contributed by atoms with Crippen LogP contribution in [0.5, 0.6) is 11.5 Å². The van der Waals surface area contributed by atoms with E-state index in [0.29, 0.717) is 23.0 Å². The van der Waals surface area contributed by atoms with E-state index in [0.717, 1.165) is 42.7 Å². The number of hydrogen-bond donors (Lipinski definition) is 1. The molecule has 1 aromatic heterocycles. The van der Waals surface area contributed by atoms with E-state index in [1.807, 2.05) is 23.1 Å². The fourth-order valence-corrected chi connectivity index (χ4v) is 5.00. The van der Waals surface area contributed by atoms with Crippen molar-refractivity contribution in [2.75, 3.05) is 17.9 Å². The number of benzene rings is 2.